The van der Waals surface area contributed by atoms with Crippen LogP contribution >= 0.6 is 0 Å². The third-order valence-electron chi connectivity index (χ3n) is 6.14. The molecule has 1 heteroatoms. The summed E-state index contributed by atoms with van der Waals surface area (Å²) in [5.41, 5.74) is 1.11. The van der Waals surface area contributed by atoms with Gasteiger partial charge in [0.15, 0.2) is 0 Å². The van der Waals surface area contributed by atoms with Crippen LogP contribution < -0.4 is 5.32 Å². The van der Waals surface area contributed by atoms with Gasteiger partial charge < -0.3 is 5.32 Å². The lowest BCUT2D eigenvalue weighted by Gasteiger charge is -2.18. The van der Waals surface area contributed by atoms with Crippen LogP contribution in [0.3, 0.4) is 0 Å². The maximum Gasteiger partial charge on any atom is 0.0124 e. The molecular formula is C15H27N. The first-order valence-electron chi connectivity index (χ1n) is 7.18. The molecular weight excluding hydrogens is 194 g/mol. The summed E-state index contributed by atoms with van der Waals surface area (Å²) in [5.74, 6) is 2.97. The largest absolute Gasteiger partial charge is 0.313 e. The molecule has 0 atom stereocenters. The van der Waals surface area contributed by atoms with E-state index in [1.807, 2.05) is 0 Å². The predicted octanol–water partition coefficient (Wildman–Crippen LogP) is 3.45. The number of nitrogens with one attached hydrogen (secondary N) is 1. The molecule has 0 aromatic heterocycles. The zero-order chi connectivity index (χ0) is 11.6. The molecule has 0 unspecified atom stereocenters. The summed E-state index contributed by atoms with van der Waals surface area (Å²) >= 11 is 0. The van der Waals surface area contributed by atoms with Crippen molar-refractivity contribution >= 4 is 0 Å². The number of rotatable bonds is 5. The van der Waals surface area contributed by atoms with Gasteiger partial charge in [-0.3, -0.25) is 0 Å². The Morgan fingerprint density at radius 1 is 0.938 bits per heavy atom. The smallest absolute Gasteiger partial charge is 0.0124 e. The third-order valence-corrected chi connectivity index (χ3v) is 6.14. The van der Waals surface area contributed by atoms with E-state index in [1.54, 1.807) is 0 Å². The van der Waals surface area contributed by atoms with Crippen LogP contribution in [0.2, 0.25) is 0 Å². The van der Waals surface area contributed by atoms with Crippen LogP contribution in [0.5, 0.6) is 0 Å². The summed E-state index contributed by atoms with van der Waals surface area (Å²) in [6, 6.07) is 0.882. The molecule has 0 radical (unpaired) electrons. The first-order valence-corrected chi connectivity index (χ1v) is 7.18. The number of hydrogen-bond donors (Lipinski definition) is 1. The Morgan fingerprint density at radius 2 is 1.38 bits per heavy atom. The summed E-state index contributed by atoms with van der Waals surface area (Å²) in [4.78, 5) is 0. The first-order chi connectivity index (χ1) is 7.44. The second-order valence-electron chi connectivity index (χ2n) is 7.60. The molecule has 0 amide bonds. The van der Waals surface area contributed by atoms with Gasteiger partial charge in [-0.05, 0) is 60.8 Å². The quantitative estimate of drug-likeness (QED) is 0.750. The Morgan fingerprint density at radius 3 is 1.69 bits per heavy atom. The molecule has 0 aromatic carbocycles. The molecule has 3 saturated carbocycles. The van der Waals surface area contributed by atoms with Gasteiger partial charge in [-0.1, -0.05) is 27.7 Å². The van der Waals surface area contributed by atoms with Gasteiger partial charge in [-0.2, -0.15) is 0 Å². The minimum atomic E-state index is 0.553. The van der Waals surface area contributed by atoms with Crippen molar-refractivity contribution in [3.8, 4) is 0 Å². The Labute approximate surface area is 100 Å². The van der Waals surface area contributed by atoms with E-state index in [-0.39, 0.29) is 0 Å². The van der Waals surface area contributed by atoms with Gasteiger partial charge in [0, 0.05) is 6.04 Å². The predicted molar refractivity (Wildman–Crippen MR) is 68.3 cm³/mol. The minimum absolute atomic E-state index is 0.553. The van der Waals surface area contributed by atoms with E-state index in [9.17, 15) is 0 Å². The van der Waals surface area contributed by atoms with E-state index in [4.69, 9.17) is 0 Å². The minimum Gasteiger partial charge on any atom is -0.313 e. The molecule has 1 nitrogen and oxygen atoms in total. The fraction of sp³-hybridized carbons (Fsp3) is 1.00. The fourth-order valence-electron chi connectivity index (χ4n) is 3.73. The van der Waals surface area contributed by atoms with Crippen molar-refractivity contribution in [3.63, 3.8) is 0 Å². The van der Waals surface area contributed by atoms with Gasteiger partial charge in [0.1, 0.15) is 0 Å². The van der Waals surface area contributed by atoms with E-state index < -0.39 is 0 Å². The van der Waals surface area contributed by atoms with Crippen molar-refractivity contribution in [2.45, 2.75) is 59.4 Å². The highest BCUT2D eigenvalue weighted by Gasteiger charge is 2.64. The van der Waals surface area contributed by atoms with Gasteiger partial charge >= 0.3 is 0 Å². The molecule has 0 spiro atoms. The molecule has 3 aliphatic carbocycles. The lowest BCUT2D eigenvalue weighted by Crippen LogP contribution is -2.35. The Bertz CT molecular complexity index is 256. The topological polar surface area (TPSA) is 12.0 Å². The van der Waals surface area contributed by atoms with Crippen molar-refractivity contribution in [1.29, 1.82) is 0 Å². The van der Waals surface area contributed by atoms with Crippen molar-refractivity contribution in [1.82, 2.24) is 5.32 Å². The lowest BCUT2D eigenvalue weighted by atomic mass is 10.0. The maximum absolute atomic E-state index is 3.92. The molecule has 92 valence electrons. The Balaban J connectivity index is 1.53. The molecule has 1 N–H and O–H groups in total. The highest BCUT2D eigenvalue weighted by atomic mass is 15.0. The van der Waals surface area contributed by atoms with Gasteiger partial charge in [-0.25, -0.2) is 0 Å². The second kappa shape index (κ2) is 3.25. The van der Waals surface area contributed by atoms with Gasteiger partial charge in [-0.15, -0.1) is 0 Å². The summed E-state index contributed by atoms with van der Waals surface area (Å²) in [6.07, 6.45) is 5.97. The van der Waals surface area contributed by atoms with E-state index in [0.29, 0.717) is 10.8 Å². The zero-order valence-corrected chi connectivity index (χ0v) is 11.3. The second-order valence-corrected chi connectivity index (χ2v) is 7.60. The zero-order valence-electron chi connectivity index (χ0n) is 11.3. The van der Waals surface area contributed by atoms with Crippen molar-refractivity contribution in [2.75, 3.05) is 6.54 Å². The lowest BCUT2D eigenvalue weighted by molar-refractivity contribution is 0.390. The maximum atomic E-state index is 3.92. The molecule has 0 aromatic rings. The summed E-state index contributed by atoms with van der Waals surface area (Å²) in [6.45, 7) is 11.0. The first kappa shape index (κ1) is 11.1. The molecule has 0 heterocycles. The van der Waals surface area contributed by atoms with Crippen LogP contribution in [-0.2, 0) is 0 Å². The SMILES string of the molecule is CC1(C)C(CNC(C2CC2)C2CC2)C1(C)C. The Hall–Kier alpha value is -0.0400. The average molecular weight is 221 g/mol. The average Bonchev–Trinajstić information content (AvgIpc) is 3.00. The van der Waals surface area contributed by atoms with Crippen molar-refractivity contribution < 1.29 is 0 Å². The molecule has 0 bridgehead atoms. The van der Waals surface area contributed by atoms with Crippen LogP contribution in [0.4, 0.5) is 0 Å². The molecule has 3 rings (SSSR count). The molecule has 16 heavy (non-hydrogen) atoms. The molecule has 3 fully saturated rings. The van der Waals surface area contributed by atoms with Gasteiger partial charge in [0.05, 0.1) is 0 Å². The monoisotopic (exact) mass is 221 g/mol. The summed E-state index contributed by atoms with van der Waals surface area (Å²) in [5, 5.41) is 3.92. The van der Waals surface area contributed by atoms with E-state index in [2.05, 4.69) is 33.0 Å². The van der Waals surface area contributed by atoms with E-state index in [1.165, 1.54) is 32.2 Å². The highest BCUT2D eigenvalue weighted by molar-refractivity contribution is 5.13. The fourth-order valence-corrected chi connectivity index (χ4v) is 3.73. The van der Waals surface area contributed by atoms with Crippen LogP contribution in [0.25, 0.3) is 0 Å². The highest BCUT2D eigenvalue weighted by Crippen LogP contribution is 2.68. The van der Waals surface area contributed by atoms with Crippen LogP contribution in [-0.4, -0.2) is 12.6 Å². The van der Waals surface area contributed by atoms with Gasteiger partial charge in [0.2, 0.25) is 0 Å². The van der Waals surface area contributed by atoms with Gasteiger partial charge in [0.25, 0.3) is 0 Å². The molecule has 0 aliphatic heterocycles. The van der Waals surface area contributed by atoms with Crippen LogP contribution in [0.15, 0.2) is 0 Å². The Kier molecular flexibility index (Phi) is 2.25. The summed E-state index contributed by atoms with van der Waals surface area (Å²) < 4.78 is 0. The summed E-state index contributed by atoms with van der Waals surface area (Å²) in [7, 11) is 0. The van der Waals surface area contributed by atoms with Crippen LogP contribution in [0, 0.1) is 28.6 Å². The number of hydrogen-bond acceptors (Lipinski definition) is 1. The van der Waals surface area contributed by atoms with Crippen LogP contribution in [0.1, 0.15) is 53.4 Å². The van der Waals surface area contributed by atoms with E-state index in [0.717, 1.165) is 23.8 Å². The standard InChI is InChI=1S/C15H27N/c1-14(2)12(15(14,3)4)9-16-13(10-5-6-10)11-7-8-11/h10-13,16H,5-9H2,1-4H3. The molecule has 3 aliphatic rings. The third kappa shape index (κ3) is 1.63. The normalized spacial score (nSPS) is 32.1. The van der Waals surface area contributed by atoms with Crippen molar-refractivity contribution in [2.24, 2.45) is 28.6 Å². The van der Waals surface area contributed by atoms with Crippen molar-refractivity contribution in [3.05, 3.63) is 0 Å². The van der Waals surface area contributed by atoms with E-state index >= 15 is 0 Å². The molecule has 0 saturated heterocycles.